The summed E-state index contributed by atoms with van der Waals surface area (Å²) in [4.78, 5) is 0. The Morgan fingerprint density at radius 3 is 2.05 bits per heavy atom. The molecule has 2 fully saturated rings. The molecule has 0 amide bonds. The van der Waals surface area contributed by atoms with Crippen molar-refractivity contribution in [1.82, 2.24) is 0 Å². The van der Waals surface area contributed by atoms with Crippen LogP contribution in [0.5, 0.6) is 0 Å². The zero-order chi connectivity index (χ0) is 15.7. The Labute approximate surface area is 142 Å². The van der Waals surface area contributed by atoms with E-state index in [-0.39, 0.29) is 0 Å². The van der Waals surface area contributed by atoms with Crippen LogP contribution < -0.4 is 0 Å². The van der Waals surface area contributed by atoms with Gasteiger partial charge in [0.1, 0.15) is 0 Å². The van der Waals surface area contributed by atoms with Gasteiger partial charge in [0.05, 0.1) is 0 Å². The van der Waals surface area contributed by atoms with Crippen molar-refractivity contribution in [2.24, 2.45) is 11.8 Å². The summed E-state index contributed by atoms with van der Waals surface area (Å²) in [6.07, 6.45) is 9.83. The molecule has 2 aliphatic rings. The van der Waals surface area contributed by atoms with Gasteiger partial charge in [0.25, 0.3) is 0 Å². The molecule has 0 aromatic carbocycles. The molecule has 5 heteroatoms. The molecule has 2 rings (SSSR count). The van der Waals surface area contributed by atoms with Gasteiger partial charge in [0.15, 0.2) is 16.6 Å². The van der Waals surface area contributed by atoms with Crippen LogP contribution in [-0.2, 0) is 4.12 Å². The molecule has 0 aromatic rings. The van der Waals surface area contributed by atoms with E-state index >= 15 is 0 Å². The van der Waals surface area contributed by atoms with Gasteiger partial charge in [-0.25, -0.2) is 0 Å². The van der Waals surface area contributed by atoms with Crippen LogP contribution in [0.25, 0.3) is 0 Å². The van der Waals surface area contributed by atoms with Crippen LogP contribution in [-0.4, -0.2) is 21.9 Å². The first-order chi connectivity index (χ1) is 9.73. The van der Waals surface area contributed by atoms with Gasteiger partial charge in [-0.2, -0.15) is 0 Å². The number of halogens is 1. The Kier molecular flexibility index (Phi) is 6.38. The molecule has 0 heterocycles. The monoisotopic (exact) mass is 364 g/mol. The highest BCUT2D eigenvalue weighted by molar-refractivity contribution is 8.21. The van der Waals surface area contributed by atoms with Crippen LogP contribution in [0.1, 0.15) is 44.9 Å². The lowest BCUT2D eigenvalue weighted by molar-refractivity contribution is 0.248. The molecule has 0 saturated heterocycles. The second-order valence-corrected chi connectivity index (χ2v) is 19.0. The molecule has 124 valence electrons. The molecule has 0 radical (unpaired) electrons. The molecule has 0 N–H and O–H groups in total. The van der Waals surface area contributed by atoms with E-state index in [9.17, 15) is 0 Å². The van der Waals surface area contributed by atoms with Gasteiger partial charge in [0, 0.05) is 5.25 Å². The summed E-state index contributed by atoms with van der Waals surface area (Å²) in [7, 11) is 4.82. The Balaban J connectivity index is 1.88. The summed E-state index contributed by atoms with van der Waals surface area (Å²) in [5, 5.41) is 0.733. The van der Waals surface area contributed by atoms with Crippen molar-refractivity contribution in [3.8, 4) is 0 Å². The molecule has 21 heavy (non-hydrogen) atoms. The normalized spacial score (nSPS) is 35.1. The molecule has 1 nitrogen and oxygen atoms in total. The van der Waals surface area contributed by atoms with Gasteiger partial charge >= 0.3 is 0 Å². The Bertz CT molecular complexity index is 338. The first-order valence-corrected chi connectivity index (χ1v) is 16.8. The van der Waals surface area contributed by atoms with Gasteiger partial charge in [-0.15, -0.1) is 0 Å². The van der Waals surface area contributed by atoms with Gasteiger partial charge in [-0.1, -0.05) is 43.1 Å². The fraction of sp³-hybridized carbons (Fsp3) is 1.00. The predicted molar refractivity (Wildman–Crippen MR) is 102 cm³/mol. The van der Waals surface area contributed by atoms with Gasteiger partial charge in [0.2, 0.25) is 0 Å². The lowest BCUT2D eigenvalue weighted by Gasteiger charge is -2.42. The summed E-state index contributed by atoms with van der Waals surface area (Å²) >= 11 is 0. The maximum atomic E-state index is 6.62. The summed E-state index contributed by atoms with van der Waals surface area (Å²) in [5.74, 6) is 1.84. The van der Waals surface area contributed by atoms with Crippen LogP contribution >= 0.6 is 21.7 Å². The van der Waals surface area contributed by atoms with E-state index in [4.69, 9.17) is 14.8 Å². The van der Waals surface area contributed by atoms with Crippen LogP contribution in [0, 0.1) is 11.8 Å². The zero-order valence-electron chi connectivity index (χ0n) is 14.5. The molecule has 2 saturated carbocycles. The zero-order valence-corrected chi connectivity index (χ0v) is 18.0. The quantitative estimate of drug-likeness (QED) is 0.504. The molecule has 2 unspecified atom stereocenters. The Morgan fingerprint density at radius 2 is 1.52 bits per heavy atom. The number of rotatable bonds is 5. The van der Waals surface area contributed by atoms with Crippen LogP contribution in [0.3, 0.4) is 0 Å². The fourth-order valence-corrected chi connectivity index (χ4v) is 14.8. The van der Waals surface area contributed by atoms with E-state index in [2.05, 4.69) is 32.7 Å². The lowest BCUT2D eigenvalue weighted by atomic mass is 9.79. The third kappa shape index (κ3) is 5.00. The van der Waals surface area contributed by atoms with Crippen molar-refractivity contribution < 1.29 is 4.12 Å². The summed E-state index contributed by atoms with van der Waals surface area (Å²) in [5.41, 5.74) is 0.879. The minimum atomic E-state index is -1.50. The van der Waals surface area contributed by atoms with E-state index in [0.29, 0.717) is 0 Å². The second kappa shape index (κ2) is 7.29. The minimum absolute atomic E-state index is 0.733. The maximum Gasteiger partial charge on any atom is 0.176 e. The van der Waals surface area contributed by atoms with Crippen molar-refractivity contribution in [3.05, 3.63) is 0 Å². The average molecular weight is 365 g/mol. The molecule has 0 aliphatic heterocycles. The van der Waals surface area contributed by atoms with Crippen LogP contribution in [0.4, 0.5) is 0 Å². The highest BCUT2D eigenvalue weighted by atomic mass is 35.7. The SMILES string of the molecule is C[Si](C)(C)O[Si](C)(C)C1CCC(C2CCCC2SCl)CC1. The minimum Gasteiger partial charge on any atom is -0.456 e. The van der Waals surface area contributed by atoms with Crippen molar-refractivity contribution in [2.45, 2.75) is 88.5 Å². The first-order valence-electron chi connectivity index (χ1n) is 8.70. The average Bonchev–Trinajstić information content (AvgIpc) is 2.84. The van der Waals surface area contributed by atoms with E-state index in [1.807, 2.05) is 0 Å². The van der Waals surface area contributed by atoms with E-state index in [0.717, 1.165) is 22.6 Å². The largest absolute Gasteiger partial charge is 0.456 e. The van der Waals surface area contributed by atoms with Gasteiger partial charge < -0.3 is 4.12 Å². The molecule has 0 spiro atoms. The number of hydrogen-bond donors (Lipinski definition) is 0. The molecular weight excluding hydrogens is 332 g/mol. The molecule has 2 aliphatic carbocycles. The fourth-order valence-electron chi connectivity index (χ4n) is 4.72. The topological polar surface area (TPSA) is 9.23 Å². The van der Waals surface area contributed by atoms with Crippen LogP contribution in [0.2, 0.25) is 38.3 Å². The highest BCUT2D eigenvalue weighted by Crippen LogP contribution is 2.49. The van der Waals surface area contributed by atoms with E-state index in [1.165, 1.54) is 44.9 Å². The number of hydrogen-bond acceptors (Lipinski definition) is 2. The lowest BCUT2D eigenvalue weighted by Crippen LogP contribution is -2.47. The summed E-state index contributed by atoms with van der Waals surface area (Å²) in [6, 6.07) is 0. The van der Waals surface area contributed by atoms with Crippen molar-refractivity contribution in [3.63, 3.8) is 0 Å². The predicted octanol–water partition coefficient (Wildman–Crippen LogP) is 6.66. The van der Waals surface area contributed by atoms with Gasteiger partial charge in [-0.05, 0) is 73.6 Å². The van der Waals surface area contributed by atoms with Crippen molar-refractivity contribution in [1.29, 1.82) is 0 Å². The first kappa shape index (κ1) is 18.4. The highest BCUT2D eigenvalue weighted by Gasteiger charge is 2.42. The summed E-state index contributed by atoms with van der Waals surface area (Å²) < 4.78 is 6.62. The van der Waals surface area contributed by atoms with E-state index in [1.54, 1.807) is 11.0 Å². The maximum absolute atomic E-state index is 6.62. The van der Waals surface area contributed by atoms with Gasteiger partial charge in [-0.3, -0.25) is 0 Å². The third-order valence-corrected chi connectivity index (χ3v) is 14.1. The van der Waals surface area contributed by atoms with Crippen molar-refractivity contribution >= 4 is 38.3 Å². The van der Waals surface area contributed by atoms with Crippen LogP contribution in [0.15, 0.2) is 0 Å². The molecule has 0 bridgehead atoms. The summed E-state index contributed by atoms with van der Waals surface area (Å²) in [6.45, 7) is 11.9. The van der Waals surface area contributed by atoms with E-state index < -0.39 is 16.6 Å². The molecule has 2 atom stereocenters. The molecular formula is C16H33ClOSSi2. The third-order valence-electron chi connectivity index (χ3n) is 5.55. The van der Waals surface area contributed by atoms with Crippen molar-refractivity contribution in [2.75, 3.05) is 0 Å². The second-order valence-electron chi connectivity index (χ2n) is 8.65. The Hall–Kier alpha value is 1.03. The standard InChI is InChI=1S/C16H33ClOSSi2/c1-20(2,3)18-21(4,5)14-11-9-13(10-12-14)15-7-6-8-16(15)19-17/h13-16H,6-12H2,1-5H3. The smallest absolute Gasteiger partial charge is 0.176 e. The molecule has 0 aromatic heterocycles. The Morgan fingerprint density at radius 1 is 0.905 bits per heavy atom.